The van der Waals surface area contributed by atoms with Gasteiger partial charge in [-0.15, -0.1) is 0 Å². The number of benzene rings is 2. The minimum absolute atomic E-state index is 0.120. The molecular formula is C17H14ClFN2O4. The van der Waals surface area contributed by atoms with Gasteiger partial charge in [-0.2, -0.15) is 0 Å². The molecule has 130 valence electrons. The first-order valence-electron chi connectivity index (χ1n) is 7.19. The first-order chi connectivity index (χ1) is 12.0. The third-order valence-electron chi connectivity index (χ3n) is 3.00. The average Bonchev–Trinajstić information content (AvgIpc) is 2.61. The second-order valence-electron chi connectivity index (χ2n) is 4.88. The van der Waals surface area contributed by atoms with Crippen molar-refractivity contribution in [2.24, 2.45) is 0 Å². The lowest BCUT2D eigenvalue weighted by molar-refractivity contribution is -0.146. The van der Waals surface area contributed by atoms with Gasteiger partial charge in [0.25, 0.3) is 11.8 Å². The molecule has 0 heterocycles. The fraction of sp³-hybridized carbons (Fsp3) is 0.118. The van der Waals surface area contributed by atoms with Crippen LogP contribution in [-0.4, -0.2) is 30.9 Å². The average molecular weight is 365 g/mol. The van der Waals surface area contributed by atoms with Crippen molar-refractivity contribution in [3.05, 3.63) is 64.9 Å². The van der Waals surface area contributed by atoms with Gasteiger partial charge in [-0.25, -0.2) is 4.39 Å². The number of carbonyl (C=O) groups is 3. The third-order valence-corrected chi connectivity index (χ3v) is 3.23. The van der Waals surface area contributed by atoms with E-state index in [9.17, 15) is 18.8 Å². The summed E-state index contributed by atoms with van der Waals surface area (Å²) in [5, 5.41) is 4.85. The molecule has 0 saturated heterocycles. The van der Waals surface area contributed by atoms with Crippen LogP contribution in [0.15, 0.2) is 48.5 Å². The van der Waals surface area contributed by atoms with E-state index in [1.807, 2.05) is 0 Å². The lowest BCUT2D eigenvalue weighted by Gasteiger charge is -2.08. The summed E-state index contributed by atoms with van der Waals surface area (Å²) in [6, 6.07) is 12.0. The van der Waals surface area contributed by atoms with Gasteiger partial charge in [-0.05, 0) is 30.3 Å². The molecule has 0 aliphatic heterocycles. The molecule has 8 heteroatoms. The predicted molar refractivity (Wildman–Crippen MR) is 89.8 cm³/mol. The Morgan fingerprint density at radius 1 is 1.08 bits per heavy atom. The largest absolute Gasteiger partial charge is 0.454 e. The fourth-order valence-corrected chi connectivity index (χ4v) is 1.99. The molecular weight excluding hydrogens is 351 g/mol. The number of ether oxygens (including phenoxy) is 1. The molecule has 25 heavy (non-hydrogen) atoms. The predicted octanol–water partition coefficient (Wildman–Crippen LogP) is 2.39. The molecule has 0 saturated carbocycles. The van der Waals surface area contributed by atoms with E-state index >= 15 is 0 Å². The van der Waals surface area contributed by atoms with Crippen LogP contribution in [0, 0.1) is 5.82 Å². The Morgan fingerprint density at radius 3 is 2.52 bits per heavy atom. The maximum atomic E-state index is 13.5. The Morgan fingerprint density at radius 2 is 1.80 bits per heavy atom. The molecule has 0 fully saturated rings. The quantitative estimate of drug-likeness (QED) is 0.771. The molecule has 0 atom stereocenters. The lowest BCUT2D eigenvalue weighted by atomic mass is 10.2. The molecule has 0 aliphatic carbocycles. The number of rotatable bonds is 6. The van der Waals surface area contributed by atoms with Crippen LogP contribution >= 0.6 is 11.6 Å². The Kier molecular flexibility index (Phi) is 6.47. The smallest absolute Gasteiger partial charge is 0.325 e. The number of amides is 2. The van der Waals surface area contributed by atoms with Crippen LogP contribution in [0.3, 0.4) is 0 Å². The van der Waals surface area contributed by atoms with E-state index in [-0.39, 0.29) is 10.7 Å². The maximum Gasteiger partial charge on any atom is 0.325 e. The standard InChI is InChI=1S/C17H14ClFN2O4/c18-12-6-7-13(19)14(8-12)21-15(22)10-25-16(23)9-20-17(24)11-4-2-1-3-5-11/h1-8H,9-10H2,(H,20,24)(H,21,22). The van der Waals surface area contributed by atoms with E-state index < -0.39 is 36.8 Å². The third kappa shape index (κ3) is 5.89. The number of carbonyl (C=O) groups excluding carboxylic acids is 3. The number of anilines is 1. The highest BCUT2D eigenvalue weighted by molar-refractivity contribution is 6.30. The van der Waals surface area contributed by atoms with Crippen molar-refractivity contribution in [3.8, 4) is 0 Å². The Labute approximate surface area is 147 Å². The van der Waals surface area contributed by atoms with Gasteiger partial charge in [0.15, 0.2) is 6.61 Å². The summed E-state index contributed by atoms with van der Waals surface area (Å²) < 4.78 is 18.2. The van der Waals surface area contributed by atoms with Crippen LogP contribution in [0.25, 0.3) is 0 Å². The van der Waals surface area contributed by atoms with Crippen LogP contribution in [0.5, 0.6) is 0 Å². The normalized spacial score (nSPS) is 10.0. The van der Waals surface area contributed by atoms with Gasteiger partial charge in [-0.3, -0.25) is 14.4 Å². The van der Waals surface area contributed by atoms with Crippen LogP contribution in [0.4, 0.5) is 10.1 Å². The van der Waals surface area contributed by atoms with Crippen molar-refractivity contribution in [1.29, 1.82) is 0 Å². The van der Waals surface area contributed by atoms with E-state index in [1.165, 1.54) is 12.1 Å². The lowest BCUT2D eigenvalue weighted by Crippen LogP contribution is -2.32. The van der Waals surface area contributed by atoms with Gasteiger partial charge in [0.1, 0.15) is 12.4 Å². The molecule has 0 radical (unpaired) electrons. The molecule has 6 nitrogen and oxygen atoms in total. The number of hydrogen-bond acceptors (Lipinski definition) is 4. The Bertz CT molecular complexity index is 783. The summed E-state index contributed by atoms with van der Waals surface area (Å²) in [6.07, 6.45) is 0. The highest BCUT2D eigenvalue weighted by atomic mass is 35.5. The molecule has 2 aromatic carbocycles. The molecule has 0 aromatic heterocycles. The first-order valence-corrected chi connectivity index (χ1v) is 7.57. The van der Waals surface area contributed by atoms with E-state index in [0.717, 1.165) is 6.07 Å². The summed E-state index contributed by atoms with van der Waals surface area (Å²) in [4.78, 5) is 34.9. The van der Waals surface area contributed by atoms with E-state index in [1.54, 1.807) is 30.3 Å². The highest BCUT2D eigenvalue weighted by Crippen LogP contribution is 2.19. The zero-order valence-electron chi connectivity index (χ0n) is 12.9. The van der Waals surface area contributed by atoms with Crippen molar-refractivity contribution in [2.45, 2.75) is 0 Å². The van der Waals surface area contributed by atoms with Crippen molar-refractivity contribution < 1.29 is 23.5 Å². The van der Waals surface area contributed by atoms with Crippen molar-refractivity contribution in [1.82, 2.24) is 5.32 Å². The monoisotopic (exact) mass is 364 g/mol. The molecule has 2 amide bonds. The molecule has 0 bridgehead atoms. The first kappa shape index (κ1) is 18.4. The molecule has 0 unspecified atom stereocenters. The number of nitrogens with one attached hydrogen (secondary N) is 2. The SMILES string of the molecule is O=C(COC(=O)CNC(=O)c1ccccc1)Nc1cc(Cl)ccc1F. The summed E-state index contributed by atoms with van der Waals surface area (Å²) in [5.41, 5.74) is 0.274. The van der Waals surface area contributed by atoms with Gasteiger partial charge >= 0.3 is 5.97 Å². The molecule has 2 N–H and O–H groups in total. The molecule has 2 aromatic rings. The minimum atomic E-state index is -0.800. The Hall–Kier alpha value is -2.93. The van der Waals surface area contributed by atoms with Gasteiger partial charge in [-0.1, -0.05) is 29.8 Å². The summed E-state index contributed by atoms with van der Waals surface area (Å²) in [7, 11) is 0. The van der Waals surface area contributed by atoms with Crippen molar-refractivity contribution in [2.75, 3.05) is 18.5 Å². The summed E-state index contributed by atoms with van der Waals surface area (Å²) >= 11 is 5.71. The van der Waals surface area contributed by atoms with Crippen LogP contribution in [-0.2, 0) is 14.3 Å². The van der Waals surface area contributed by atoms with Crippen molar-refractivity contribution in [3.63, 3.8) is 0 Å². The topological polar surface area (TPSA) is 84.5 Å². The fourth-order valence-electron chi connectivity index (χ4n) is 1.82. The highest BCUT2D eigenvalue weighted by Gasteiger charge is 2.12. The molecule has 0 aliphatic rings. The van der Waals surface area contributed by atoms with E-state index in [0.29, 0.717) is 5.56 Å². The van der Waals surface area contributed by atoms with Gasteiger partial charge in [0.05, 0.1) is 5.69 Å². The van der Waals surface area contributed by atoms with Gasteiger partial charge < -0.3 is 15.4 Å². The number of halogens is 2. The van der Waals surface area contributed by atoms with Crippen molar-refractivity contribution >= 4 is 35.1 Å². The van der Waals surface area contributed by atoms with Crippen LogP contribution in [0.1, 0.15) is 10.4 Å². The van der Waals surface area contributed by atoms with Crippen LogP contribution in [0.2, 0.25) is 5.02 Å². The molecule has 2 rings (SSSR count). The van der Waals surface area contributed by atoms with E-state index in [4.69, 9.17) is 16.3 Å². The van der Waals surface area contributed by atoms with E-state index in [2.05, 4.69) is 10.6 Å². The number of esters is 1. The summed E-state index contributed by atoms with van der Waals surface area (Å²) in [5.74, 6) is -2.64. The summed E-state index contributed by atoms with van der Waals surface area (Å²) in [6.45, 7) is -1.02. The zero-order valence-corrected chi connectivity index (χ0v) is 13.7. The maximum absolute atomic E-state index is 13.5. The van der Waals surface area contributed by atoms with Gasteiger partial charge in [0, 0.05) is 10.6 Å². The number of hydrogen-bond donors (Lipinski definition) is 2. The zero-order chi connectivity index (χ0) is 18.2. The second-order valence-corrected chi connectivity index (χ2v) is 5.32. The minimum Gasteiger partial charge on any atom is -0.454 e. The van der Waals surface area contributed by atoms with Gasteiger partial charge in [0.2, 0.25) is 0 Å². The van der Waals surface area contributed by atoms with Crippen LogP contribution < -0.4 is 10.6 Å². The molecule has 0 spiro atoms. The Balaban J connectivity index is 1.75. The second kappa shape index (κ2) is 8.79.